The zero-order valence-electron chi connectivity index (χ0n) is 19.2. The highest BCUT2D eigenvalue weighted by molar-refractivity contribution is 7.91. The molecule has 4 aromatic rings. The van der Waals surface area contributed by atoms with E-state index in [0.29, 0.717) is 18.1 Å². The van der Waals surface area contributed by atoms with Crippen LogP contribution in [-0.4, -0.2) is 28.4 Å². The van der Waals surface area contributed by atoms with Crippen LogP contribution >= 0.6 is 0 Å². The van der Waals surface area contributed by atoms with E-state index in [1.807, 2.05) is 31.3 Å². The molecule has 1 aliphatic rings. The molecule has 34 heavy (non-hydrogen) atoms. The van der Waals surface area contributed by atoms with Crippen molar-refractivity contribution in [2.45, 2.75) is 23.3 Å². The Kier molecular flexibility index (Phi) is 5.29. The molecular weight excluding hydrogens is 446 g/mol. The summed E-state index contributed by atoms with van der Waals surface area (Å²) in [5.41, 5.74) is 11.2. The molecular formula is C27H25N3O3S. The minimum Gasteiger partial charge on any atom is -0.497 e. The van der Waals surface area contributed by atoms with Gasteiger partial charge < -0.3 is 15.4 Å². The monoisotopic (exact) mass is 471 g/mol. The number of ether oxygens (including phenoxy) is 1. The minimum atomic E-state index is -3.60. The summed E-state index contributed by atoms with van der Waals surface area (Å²) in [5.74, 6) is 1.17. The van der Waals surface area contributed by atoms with Crippen molar-refractivity contribution in [2.24, 2.45) is 10.7 Å². The van der Waals surface area contributed by atoms with Gasteiger partial charge in [-0.05, 0) is 66.6 Å². The lowest BCUT2D eigenvalue weighted by Crippen LogP contribution is -2.17. The Morgan fingerprint density at radius 2 is 1.53 bits per heavy atom. The summed E-state index contributed by atoms with van der Waals surface area (Å²) >= 11 is 0. The number of hydrogen-bond acceptors (Lipinski definition) is 6. The fraction of sp³-hybridized carbons (Fsp3) is 0.148. The molecule has 5 rings (SSSR count). The highest BCUT2D eigenvalue weighted by Gasteiger charge is 2.21. The summed E-state index contributed by atoms with van der Waals surface area (Å²) in [5, 5.41) is 2.23. The molecule has 0 radical (unpaired) electrons. The van der Waals surface area contributed by atoms with E-state index in [1.165, 1.54) is 0 Å². The molecule has 0 spiro atoms. The Morgan fingerprint density at radius 1 is 0.882 bits per heavy atom. The van der Waals surface area contributed by atoms with Crippen LogP contribution in [0.15, 0.2) is 87.6 Å². The number of hydrogen-bond donors (Lipinski definition) is 1. The SMILES string of the molecule is COc1ccc(S(=O)(=O)c2ccc(CN(C)c3ccc4c5c(ccc(C)c35)C(N)=N4)cc2)cc1. The summed E-state index contributed by atoms with van der Waals surface area (Å²) in [4.78, 5) is 7.17. The largest absolute Gasteiger partial charge is 0.497 e. The van der Waals surface area contributed by atoms with Crippen LogP contribution in [0.2, 0.25) is 0 Å². The predicted molar refractivity (Wildman–Crippen MR) is 136 cm³/mol. The summed E-state index contributed by atoms with van der Waals surface area (Å²) in [6.07, 6.45) is 0. The maximum Gasteiger partial charge on any atom is 0.206 e. The van der Waals surface area contributed by atoms with Gasteiger partial charge in [-0.15, -0.1) is 0 Å². The van der Waals surface area contributed by atoms with E-state index in [2.05, 4.69) is 28.9 Å². The normalized spacial score (nSPS) is 12.6. The number of amidine groups is 1. The number of rotatable bonds is 6. The van der Waals surface area contributed by atoms with Crippen LogP contribution in [0.25, 0.3) is 10.8 Å². The molecule has 0 saturated carbocycles. The van der Waals surface area contributed by atoms with E-state index in [9.17, 15) is 8.42 Å². The Bertz CT molecular complexity index is 1540. The third-order valence-electron chi connectivity index (χ3n) is 6.28. The maximum atomic E-state index is 13.0. The third-order valence-corrected chi connectivity index (χ3v) is 8.06. The molecule has 0 aromatic heterocycles. The van der Waals surface area contributed by atoms with E-state index in [-0.39, 0.29) is 9.79 Å². The van der Waals surface area contributed by atoms with Crippen LogP contribution in [0.4, 0.5) is 11.4 Å². The second-order valence-electron chi connectivity index (χ2n) is 8.46. The van der Waals surface area contributed by atoms with Gasteiger partial charge in [0.1, 0.15) is 11.6 Å². The highest BCUT2D eigenvalue weighted by atomic mass is 32.2. The number of aliphatic imine (C=N–C) groups is 1. The van der Waals surface area contributed by atoms with Crippen LogP contribution < -0.4 is 15.4 Å². The molecule has 0 saturated heterocycles. The van der Waals surface area contributed by atoms with Crippen LogP contribution in [0.5, 0.6) is 5.75 Å². The van der Waals surface area contributed by atoms with Gasteiger partial charge in [0.05, 0.1) is 22.6 Å². The van der Waals surface area contributed by atoms with Crippen molar-refractivity contribution >= 4 is 37.8 Å². The smallest absolute Gasteiger partial charge is 0.206 e. The lowest BCUT2D eigenvalue weighted by molar-refractivity contribution is 0.414. The predicted octanol–water partition coefficient (Wildman–Crippen LogP) is 4.98. The van der Waals surface area contributed by atoms with Crippen molar-refractivity contribution in [1.29, 1.82) is 0 Å². The molecule has 1 aliphatic heterocycles. The molecule has 0 aliphatic carbocycles. The molecule has 0 fully saturated rings. The summed E-state index contributed by atoms with van der Waals surface area (Å²) < 4.78 is 31.1. The number of nitrogens with two attached hydrogens (primary N) is 1. The summed E-state index contributed by atoms with van der Waals surface area (Å²) in [6.45, 7) is 2.71. The lowest BCUT2D eigenvalue weighted by atomic mass is 9.98. The van der Waals surface area contributed by atoms with E-state index < -0.39 is 9.84 Å². The minimum absolute atomic E-state index is 0.239. The average Bonchev–Trinajstić information content (AvgIpc) is 3.17. The molecule has 7 heteroatoms. The van der Waals surface area contributed by atoms with Crippen LogP contribution in [0, 0.1) is 6.92 Å². The zero-order valence-corrected chi connectivity index (χ0v) is 20.1. The fourth-order valence-corrected chi connectivity index (χ4v) is 5.73. The first-order valence-electron chi connectivity index (χ1n) is 10.9. The van der Waals surface area contributed by atoms with E-state index in [1.54, 1.807) is 43.5 Å². The van der Waals surface area contributed by atoms with Gasteiger partial charge in [-0.2, -0.15) is 0 Å². The summed E-state index contributed by atoms with van der Waals surface area (Å²) in [7, 11) is -0.0159. The molecule has 1 heterocycles. The molecule has 0 amide bonds. The highest BCUT2D eigenvalue weighted by Crippen LogP contribution is 2.41. The van der Waals surface area contributed by atoms with Crippen LogP contribution in [-0.2, 0) is 16.4 Å². The van der Waals surface area contributed by atoms with Gasteiger partial charge >= 0.3 is 0 Å². The Hall–Kier alpha value is -3.84. The average molecular weight is 472 g/mol. The summed E-state index contributed by atoms with van der Waals surface area (Å²) in [6, 6.07) is 21.6. The van der Waals surface area contributed by atoms with Gasteiger partial charge in [0.2, 0.25) is 9.84 Å². The molecule has 0 bridgehead atoms. The van der Waals surface area contributed by atoms with E-state index >= 15 is 0 Å². The van der Waals surface area contributed by atoms with Crippen LogP contribution in [0.1, 0.15) is 16.7 Å². The maximum absolute atomic E-state index is 13.0. The van der Waals surface area contributed by atoms with E-state index in [4.69, 9.17) is 10.5 Å². The van der Waals surface area contributed by atoms with Crippen molar-refractivity contribution in [3.63, 3.8) is 0 Å². The first-order valence-corrected chi connectivity index (χ1v) is 12.4. The second kappa shape index (κ2) is 8.18. The van der Waals surface area contributed by atoms with Gasteiger partial charge in [-0.25, -0.2) is 13.4 Å². The third kappa shape index (κ3) is 3.58. The fourth-order valence-electron chi connectivity index (χ4n) is 4.47. The topological polar surface area (TPSA) is 85.0 Å². The first-order chi connectivity index (χ1) is 16.3. The van der Waals surface area contributed by atoms with Gasteiger partial charge in [0.15, 0.2) is 0 Å². The van der Waals surface area contributed by atoms with Crippen molar-refractivity contribution in [3.05, 3.63) is 89.5 Å². The van der Waals surface area contributed by atoms with Crippen molar-refractivity contribution in [2.75, 3.05) is 19.1 Å². The molecule has 172 valence electrons. The van der Waals surface area contributed by atoms with Crippen molar-refractivity contribution in [3.8, 4) is 5.75 Å². The van der Waals surface area contributed by atoms with Crippen LogP contribution in [0.3, 0.4) is 0 Å². The Morgan fingerprint density at radius 3 is 2.18 bits per heavy atom. The van der Waals surface area contributed by atoms with Crippen molar-refractivity contribution in [1.82, 2.24) is 0 Å². The van der Waals surface area contributed by atoms with Gasteiger partial charge in [0.25, 0.3) is 0 Å². The number of aryl methyl sites for hydroxylation is 1. The molecule has 2 N–H and O–H groups in total. The first kappa shape index (κ1) is 22.0. The van der Waals surface area contributed by atoms with Crippen molar-refractivity contribution < 1.29 is 13.2 Å². The standard InChI is InChI=1S/C27H25N3O3S/c1-17-4-13-22-26-23(29-27(22)28)14-15-24(25(17)26)30(2)16-18-5-9-20(10-6-18)34(31,32)21-11-7-19(33-3)8-12-21/h4-15H,16H2,1-3H3,(H2,28,29). The Balaban J connectivity index is 1.42. The molecule has 4 aromatic carbocycles. The van der Waals surface area contributed by atoms with E-state index in [0.717, 1.165) is 38.8 Å². The quantitative estimate of drug-likeness (QED) is 0.429. The number of anilines is 1. The zero-order chi connectivity index (χ0) is 24.0. The number of benzene rings is 4. The number of sulfone groups is 1. The van der Waals surface area contributed by atoms with Gasteiger partial charge in [0, 0.05) is 35.6 Å². The molecule has 0 atom stereocenters. The molecule has 6 nitrogen and oxygen atoms in total. The number of methoxy groups -OCH3 is 1. The lowest BCUT2D eigenvalue weighted by Gasteiger charge is -2.23. The molecule has 0 unspecified atom stereocenters. The Labute approximate surface area is 199 Å². The van der Waals surface area contributed by atoms with Gasteiger partial charge in [-0.3, -0.25) is 0 Å². The second-order valence-corrected chi connectivity index (χ2v) is 10.4. The number of nitrogens with zero attached hydrogens (tertiary/aromatic N) is 2. The van der Waals surface area contributed by atoms with Gasteiger partial charge in [-0.1, -0.05) is 24.3 Å².